The fourth-order valence-electron chi connectivity index (χ4n) is 3.19. The minimum Gasteiger partial charge on any atom is -0.506 e. The Kier molecular flexibility index (Phi) is 8.16. The van der Waals surface area contributed by atoms with E-state index in [-0.39, 0.29) is 18.0 Å². The average Bonchev–Trinajstić information content (AvgIpc) is 2.79. The third kappa shape index (κ3) is 7.38. The van der Waals surface area contributed by atoms with E-state index in [1.807, 2.05) is 48.5 Å². The molecule has 0 saturated carbocycles. The summed E-state index contributed by atoms with van der Waals surface area (Å²) in [6.07, 6.45) is 0.108. The van der Waals surface area contributed by atoms with Gasteiger partial charge in [-0.15, -0.1) is 0 Å². The zero-order valence-corrected chi connectivity index (χ0v) is 19.3. The fourth-order valence-corrected chi connectivity index (χ4v) is 3.75. The second-order valence-electron chi connectivity index (χ2n) is 7.48. The third-order valence-corrected chi connectivity index (χ3v) is 5.43. The van der Waals surface area contributed by atoms with Crippen LogP contribution in [0.1, 0.15) is 11.7 Å². The molecule has 0 heterocycles. The summed E-state index contributed by atoms with van der Waals surface area (Å²) in [5, 5.41) is 23.2. The van der Waals surface area contributed by atoms with Crippen LogP contribution in [-0.2, 0) is 10.0 Å². The number of methoxy groups -OCH3 is 1. The van der Waals surface area contributed by atoms with Gasteiger partial charge in [0.1, 0.15) is 23.9 Å². The number of phenols is 1. The number of sulfonamides is 1. The number of nitrogens with one attached hydrogen (secondary N) is 2. The molecule has 0 amide bonds. The zero-order valence-electron chi connectivity index (χ0n) is 18.5. The molecule has 176 valence electrons. The molecule has 3 rings (SSSR count). The highest BCUT2D eigenvalue weighted by Crippen LogP contribution is 2.28. The van der Waals surface area contributed by atoms with E-state index in [1.54, 1.807) is 7.11 Å². The molecule has 3 aromatic carbocycles. The van der Waals surface area contributed by atoms with E-state index in [1.165, 1.54) is 18.2 Å². The number of aliphatic hydroxyl groups is 1. The van der Waals surface area contributed by atoms with Gasteiger partial charge < -0.3 is 25.0 Å². The Morgan fingerprint density at radius 2 is 1.73 bits per heavy atom. The van der Waals surface area contributed by atoms with Gasteiger partial charge in [-0.25, -0.2) is 8.42 Å². The Bertz CT molecular complexity index is 1170. The van der Waals surface area contributed by atoms with Crippen LogP contribution in [0.5, 0.6) is 17.2 Å². The second-order valence-corrected chi connectivity index (χ2v) is 9.22. The molecule has 0 aliphatic heterocycles. The lowest BCUT2D eigenvalue weighted by molar-refractivity contribution is 0.172. The largest absolute Gasteiger partial charge is 0.506 e. The van der Waals surface area contributed by atoms with Crippen LogP contribution in [0.3, 0.4) is 0 Å². The van der Waals surface area contributed by atoms with Crippen LogP contribution >= 0.6 is 0 Å². The van der Waals surface area contributed by atoms with Crippen molar-refractivity contribution in [3.05, 3.63) is 72.3 Å². The summed E-state index contributed by atoms with van der Waals surface area (Å²) < 4.78 is 36.0. The topological polar surface area (TPSA) is 117 Å². The van der Waals surface area contributed by atoms with Gasteiger partial charge in [-0.3, -0.25) is 4.72 Å². The maximum absolute atomic E-state index is 11.4. The molecule has 0 radical (unpaired) electrons. The first kappa shape index (κ1) is 24.4. The molecule has 0 bridgehead atoms. The van der Waals surface area contributed by atoms with Gasteiger partial charge in [0.15, 0.2) is 0 Å². The Hall–Kier alpha value is -3.27. The van der Waals surface area contributed by atoms with Crippen molar-refractivity contribution in [3.63, 3.8) is 0 Å². The minimum absolute atomic E-state index is 0.0229. The summed E-state index contributed by atoms with van der Waals surface area (Å²) in [6, 6.07) is 19.9. The Labute approximate surface area is 193 Å². The molecule has 0 aliphatic carbocycles. The molecule has 3 aromatic rings. The van der Waals surface area contributed by atoms with E-state index >= 15 is 0 Å². The molecular formula is C24H28N2O6S. The van der Waals surface area contributed by atoms with Crippen LogP contribution in [0.4, 0.5) is 5.69 Å². The van der Waals surface area contributed by atoms with E-state index in [4.69, 9.17) is 9.47 Å². The Morgan fingerprint density at radius 1 is 0.970 bits per heavy atom. The molecular weight excluding hydrogens is 444 g/mol. The van der Waals surface area contributed by atoms with Crippen molar-refractivity contribution in [1.29, 1.82) is 0 Å². The van der Waals surface area contributed by atoms with E-state index in [2.05, 4.69) is 10.0 Å². The van der Waals surface area contributed by atoms with Crippen molar-refractivity contribution in [2.75, 3.05) is 37.8 Å². The number of aromatic hydroxyl groups is 1. The molecule has 0 saturated heterocycles. The zero-order chi connectivity index (χ0) is 23.8. The van der Waals surface area contributed by atoms with Gasteiger partial charge in [0.05, 0.1) is 25.2 Å². The first-order chi connectivity index (χ1) is 15.7. The minimum atomic E-state index is -3.54. The van der Waals surface area contributed by atoms with Crippen molar-refractivity contribution in [2.24, 2.45) is 0 Å². The van der Waals surface area contributed by atoms with Crippen LogP contribution < -0.4 is 19.5 Å². The number of benzene rings is 3. The number of hydrogen-bond acceptors (Lipinski definition) is 7. The van der Waals surface area contributed by atoms with Crippen molar-refractivity contribution >= 4 is 15.7 Å². The number of anilines is 1. The predicted octanol–water partition coefficient (Wildman–Crippen LogP) is 3.14. The van der Waals surface area contributed by atoms with Gasteiger partial charge in [-0.1, -0.05) is 30.3 Å². The lowest BCUT2D eigenvalue weighted by Crippen LogP contribution is -2.26. The molecule has 0 fully saturated rings. The second kappa shape index (κ2) is 11.0. The van der Waals surface area contributed by atoms with Gasteiger partial charge in [0.2, 0.25) is 10.0 Å². The lowest BCUT2D eigenvalue weighted by Gasteiger charge is -2.15. The van der Waals surface area contributed by atoms with E-state index < -0.39 is 16.1 Å². The molecule has 9 heteroatoms. The van der Waals surface area contributed by atoms with Crippen molar-refractivity contribution < 1.29 is 28.1 Å². The van der Waals surface area contributed by atoms with Crippen LogP contribution in [-0.4, -0.2) is 51.7 Å². The van der Waals surface area contributed by atoms with Gasteiger partial charge in [-0.05, 0) is 53.1 Å². The summed E-state index contributed by atoms with van der Waals surface area (Å²) >= 11 is 0. The molecule has 1 unspecified atom stereocenters. The van der Waals surface area contributed by atoms with E-state index in [0.29, 0.717) is 18.7 Å². The van der Waals surface area contributed by atoms with Gasteiger partial charge in [0, 0.05) is 13.1 Å². The number of rotatable bonds is 11. The van der Waals surface area contributed by atoms with Gasteiger partial charge in [-0.2, -0.15) is 0 Å². The van der Waals surface area contributed by atoms with Crippen molar-refractivity contribution in [3.8, 4) is 28.4 Å². The van der Waals surface area contributed by atoms with Crippen molar-refractivity contribution in [1.82, 2.24) is 5.32 Å². The van der Waals surface area contributed by atoms with Crippen LogP contribution in [0.25, 0.3) is 11.1 Å². The number of ether oxygens (including phenoxy) is 2. The highest BCUT2D eigenvalue weighted by Gasteiger charge is 2.13. The summed E-state index contributed by atoms with van der Waals surface area (Å²) in [6.45, 7) is 1.14. The quantitative estimate of drug-likeness (QED) is 0.250. The third-order valence-electron chi connectivity index (χ3n) is 4.84. The van der Waals surface area contributed by atoms with Crippen LogP contribution in [0, 0.1) is 0 Å². The smallest absolute Gasteiger partial charge is 0.229 e. The normalized spacial score (nSPS) is 12.2. The summed E-state index contributed by atoms with van der Waals surface area (Å²) in [7, 11) is -1.90. The van der Waals surface area contributed by atoms with Crippen LogP contribution in [0.2, 0.25) is 0 Å². The summed E-state index contributed by atoms with van der Waals surface area (Å²) in [4.78, 5) is 0. The fraction of sp³-hybridized carbons (Fsp3) is 0.250. The maximum Gasteiger partial charge on any atom is 0.229 e. The predicted molar refractivity (Wildman–Crippen MR) is 128 cm³/mol. The van der Waals surface area contributed by atoms with E-state index in [0.717, 1.165) is 28.9 Å². The highest BCUT2D eigenvalue weighted by molar-refractivity contribution is 7.92. The molecule has 1 atom stereocenters. The molecule has 4 N–H and O–H groups in total. The molecule has 0 spiro atoms. The SMILES string of the molecule is COc1cccc(-c2ccc(OCCNCC(O)c3ccc(O)c(NS(C)(=O)=O)c3)cc2)c1. The number of phenolic OH excluding ortho intramolecular Hbond substituents is 1. The standard InChI is InChI=1S/C24H28N2O6S/c1-31-21-5-3-4-18(14-21)17-6-9-20(10-7-17)32-13-12-25-16-24(28)19-8-11-23(27)22(15-19)26-33(2,29)30/h3-11,14-15,24-28H,12-13,16H2,1-2H3. The first-order valence-corrected chi connectivity index (χ1v) is 12.2. The van der Waals surface area contributed by atoms with Crippen LogP contribution in [0.15, 0.2) is 66.7 Å². The summed E-state index contributed by atoms with van der Waals surface area (Å²) in [5.74, 6) is 1.32. The van der Waals surface area contributed by atoms with E-state index in [9.17, 15) is 18.6 Å². The van der Waals surface area contributed by atoms with Crippen molar-refractivity contribution in [2.45, 2.75) is 6.10 Å². The summed E-state index contributed by atoms with van der Waals surface area (Å²) in [5.41, 5.74) is 2.61. The monoisotopic (exact) mass is 472 g/mol. The lowest BCUT2D eigenvalue weighted by atomic mass is 10.1. The first-order valence-electron chi connectivity index (χ1n) is 10.3. The average molecular weight is 473 g/mol. The highest BCUT2D eigenvalue weighted by atomic mass is 32.2. The van der Waals surface area contributed by atoms with Gasteiger partial charge in [0.25, 0.3) is 0 Å². The number of aliphatic hydroxyl groups excluding tert-OH is 1. The Morgan fingerprint density at radius 3 is 2.42 bits per heavy atom. The van der Waals surface area contributed by atoms with Gasteiger partial charge >= 0.3 is 0 Å². The molecule has 8 nitrogen and oxygen atoms in total. The molecule has 0 aromatic heterocycles. The Balaban J connectivity index is 1.45. The number of hydrogen-bond donors (Lipinski definition) is 4. The molecule has 0 aliphatic rings. The molecule has 33 heavy (non-hydrogen) atoms. The maximum atomic E-state index is 11.4.